The Morgan fingerprint density at radius 2 is 1.93 bits per heavy atom. The first-order valence-electron chi connectivity index (χ1n) is 9.42. The molecule has 2 aromatic carbocycles. The minimum Gasteiger partial charge on any atom is -0.370 e. The first kappa shape index (κ1) is 20.7. The molecule has 3 aromatic rings. The highest BCUT2D eigenvalue weighted by Crippen LogP contribution is 2.28. The van der Waals surface area contributed by atoms with Gasteiger partial charge in [-0.15, -0.1) is 0 Å². The predicted molar refractivity (Wildman–Crippen MR) is 106 cm³/mol. The number of hydrogen-bond acceptors (Lipinski definition) is 5. The van der Waals surface area contributed by atoms with Crippen LogP contribution in [0.4, 0.5) is 19.1 Å². The number of ether oxygens (including phenoxy) is 1. The molecule has 10 heteroatoms. The molecule has 1 atom stereocenters. The summed E-state index contributed by atoms with van der Waals surface area (Å²) in [5.74, 6) is -0.412. The van der Waals surface area contributed by atoms with Crippen molar-refractivity contribution in [3.8, 4) is 0 Å². The van der Waals surface area contributed by atoms with Crippen LogP contribution in [0.5, 0.6) is 0 Å². The van der Waals surface area contributed by atoms with Crippen LogP contribution < -0.4 is 4.90 Å². The third-order valence-corrected chi connectivity index (χ3v) is 6.71. The Bertz CT molecular complexity index is 1130. The molecule has 0 saturated carbocycles. The lowest BCUT2D eigenvalue weighted by Gasteiger charge is -2.32. The van der Waals surface area contributed by atoms with Gasteiger partial charge < -0.3 is 14.6 Å². The van der Waals surface area contributed by atoms with Crippen molar-refractivity contribution in [3.05, 3.63) is 54.1 Å². The Balaban J connectivity index is 1.55. The number of H-pyrrole nitrogens is 1. The number of imidazole rings is 1. The van der Waals surface area contributed by atoms with E-state index < -0.39 is 28.2 Å². The fourth-order valence-corrected chi connectivity index (χ4v) is 4.71. The molecule has 2 heterocycles. The van der Waals surface area contributed by atoms with Crippen LogP contribution in [-0.4, -0.2) is 50.0 Å². The van der Waals surface area contributed by atoms with E-state index in [1.165, 1.54) is 18.2 Å². The maximum Gasteiger partial charge on any atom is 0.390 e. The van der Waals surface area contributed by atoms with Gasteiger partial charge in [-0.1, -0.05) is 30.3 Å². The predicted octanol–water partition coefficient (Wildman–Crippen LogP) is 3.87. The summed E-state index contributed by atoms with van der Waals surface area (Å²) in [6, 6.07) is 13.9. The highest BCUT2D eigenvalue weighted by Gasteiger charge is 2.31. The molecule has 0 bridgehead atoms. The zero-order valence-electron chi connectivity index (χ0n) is 15.9. The van der Waals surface area contributed by atoms with Gasteiger partial charge in [-0.05, 0) is 23.8 Å². The number of benzene rings is 2. The number of fused-ring (bicyclic) bond motifs is 1. The lowest BCUT2D eigenvalue weighted by Crippen LogP contribution is -2.39. The van der Waals surface area contributed by atoms with Crippen LogP contribution in [0, 0.1) is 0 Å². The van der Waals surface area contributed by atoms with Crippen molar-refractivity contribution in [1.82, 2.24) is 9.97 Å². The van der Waals surface area contributed by atoms with E-state index >= 15 is 0 Å². The largest absolute Gasteiger partial charge is 0.390 e. The van der Waals surface area contributed by atoms with Crippen LogP contribution in [0.2, 0.25) is 0 Å². The molecule has 1 aliphatic heterocycles. The Morgan fingerprint density at radius 1 is 1.17 bits per heavy atom. The number of anilines is 1. The number of morpholine rings is 1. The van der Waals surface area contributed by atoms with Crippen molar-refractivity contribution in [2.45, 2.75) is 23.6 Å². The van der Waals surface area contributed by atoms with E-state index in [0.29, 0.717) is 36.7 Å². The first-order chi connectivity index (χ1) is 14.2. The molecule has 0 aliphatic carbocycles. The van der Waals surface area contributed by atoms with Gasteiger partial charge in [-0.2, -0.15) is 13.2 Å². The van der Waals surface area contributed by atoms with Crippen LogP contribution in [0.15, 0.2) is 53.4 Å². The van der Waals surface area contributed by atoms with Crippen molar-refractivity contribution >= 4 is 26.8 Å². The summed E-state index contributed by atoms with van der Waals surface area (Å²) in [5.41, 5.74) is 2.06. The molecular formula is C20H20F3N3O3S. The van der Waals surface area contributed by atoms with E-state index in [1.54, 1.807) is 0 Å². The molecule has 160 valence electrons. The van der Waals surface area contributed by atoms with Crippen LogP contribution in [-0.2, 0) is 14.6 Å². The molecule has 1 N–H and O–H groups in total. The summed E-state index contributed by atoms with van der Waals surface area (Å²) in [5, 5.41) is 0. The SMILES string of the molecule is O=S(=O)(CCC(F)(F)F)c1ccc2nc(N3CCOC(c4ccccc4)C3)[nH]c2c1. The van der Waals surface area contributed by atoms with Crippen molar-refractivity contribution < 1.29 is 26.3 Å². The maximum atomic E-state index is 12.4. The van der Waals surface area contributed by atoms with Crippen LogP contribution >= 0.6 is 0 Å². The van der Waals surface area contributed by atoms with Gasteiger partial charge in [-0.3, -0.25) is 0 Å². The molecule has 0 amide bonds. The molecule has 30 heavy (non-hydrogen) atoms. The molecule has 6 nitrogen and oxygen atoms in total. The molecule has 1 fully saturated rings. The minimum atomic E-state index is -4.52. The Kier molecular flexibility index (Phi) is 5.46. The number of aromatic nitrogens is 2. The molecule has 4 rings (SSSR count). The van der Waals surface area contributed by atoms with Gasteiger partial charge in [0.15, 0.2) is 9.84 Å². The third-order valence-electron chi connectivity index (χ3n) is 4.99. The zero-order valence-corrected chi connectivity index (χ0v) is 16.7. The summed E-state index contributed by atoms with van der Waals surface area (Å²) < 4.78 is 67.7. The highest BCUT2D eigenvalue weighted by atomic mass is 32.2. The summed E-state index contributed by atoms with van der Waals surface area (Å²) in [6.45, 7) is 1.69. The molecule has 0 spiro atoms. The summed E-state index contributed by atoms with van der Waals surface area (Å²) >= 11 is 0. The van der Waals surface area contributed by atoms with Crippen LogP contribution in [0.3, 0.4) is 0 Å². The number of nitrogens with zero attached hydrogens (tertiary/aromatic N) is 2. The van der Waals surface area contributed by atoms with E-state index in [-0.39, 0.29) is 11.0 Å². The third kappa shape index (κ3) is 4.59. The number of sulfone groups is 1. The second-order valence-electron chi connectivity index (χ2n) is 7.14. The molecule has 1 saturated heterocycles. The van der Waals surface area contributed by atoms with E-state index in [2.05, 4.69) is 9.97 Å². The van der Waals surface area contributed by atoms with Crippen LogP contribution in [0.25, 0.3) is 11.0 Å². The van der Waals surface area contributed by atoms with Gasteiger partial charge in [0.25, 0.3) is 0 Å². The van der Waals surface area contributed by atoms with E-state index in [0.717, 1.165) is 5.56 Å². The van der Waals surface area contributed by atoms with E-state index in [9.17, 15) is 21.6 Å². The smallest absolute Gasteiger partial charge is 0.370 e. The molecular weight excluding hydrogens is 419 g/mol. The van der Waals surface area contributed by atoms with Crippen molar-refractivity contribution in [2.75, 3.05) is 30.3 Å². The van der Waals surface area contributed by atoms with Gasteiger partial charge in [0.2, 0.25) is 5.95 Å². The summed E-state index contributed by atoms with van der Waals surface area (Å²) in [4.78, 5) is 9.47. The van der Waals surface area contributed by atoms with Gasteiger partial charge in [0.05, 0.1) is 41.3 Å². The van der Waals surface area contributed by atoms with Gasteiger partial charge in [-0.25, -0.2) is 13.4 Å². The Labute approximate surface area is 171 Å². The number of nitrogens with one attached hydrogen (secondary N) is 1. The topological polar surface area (TPSA) is 75.3 Å². The normalized spacial score (nSPS) is 18.1. The first-order valence-corrected chi connectivity index (χ1v) is 11.1. The molecule has 1 aliphatic rings. The Hall–Kier alpha value is -2.59. The number of halogens is 3. The summed E-state index contributed by atoms with van der Waals surface area (Å²) in [6.07, 6.45) is -6.02. The van der Waals surface area contributed by atoms with E-state index in [1.807, 2.05) is 35.2 Å². The van der Waals surface area contributed by atoms with Crippen molar-refractivity contribution in [2.24, 2.45) is 0 Å². The monoisotopic (exact) mass is 439 g/mol. The summed E-state index contributed by atoms with van der Waals surface area (Å²) in [7, 11) is -4.05. The van der Waals surface area contributed by atoms with Gasteiger partial charge >= 0.3 is 6.18 Å². The van der Waals surface area contributed by atoms with Crippen LogP contribution in [0.1, 0.15) is 18.1 Å². The number of alkyl halides is 3. The molecule has 1 aromatic heterocycles. The molecule has 0 radical (unpaired) electrons. The lowest BCUT2D eigenvalue weighted by atomic mass is 10.1. The quantitative estimate of drug-likeness (QED) is 0.653. The number of rotatable bonds is 5. The highest BCUT2D eigenvalue weighted by molar-refractivity contribution is 7.91. The standard InChI is InChI=1S/C20H20F3N3O3S/c21-20(22,23)8-11-30(27,28)15-6-7-16-17(12-15)25-19(24-16)26-9-10-29-18(13-26)14-4-2-1-3-5-14/h1-7,12,18H,8-11,13H2,(H,24,25). The average molecular weight is 439 g/mol. The minimum absolute atomic E-state index is 0.119. The number of aromatic amines is 1. The fourth-order valence-electron chi connectivity index (χ4n) is 3.40. The second kappa shape index (κ2) is 7.92. The van der Waals surface area contributed by atoms with Gasteiger partial charge in [0.1, 0.15) is 6.10 Å². The number of hydrogen-bond donors (Lipinski definition) is 1. The lowest BCUT2D eigenvalue weighted by molar-refractivity contribution is -0.129. The van der Waals surface area contributed by atoms with Crippen molar-refractivity contribution in [3.63, 3.8) is 0 Å². The van der Waals surface area contributed by atoms with E-state index in [4.69, 9.17) is 4.74 Å². The Morgan fingerprint density at radius 3 is 2.67 bits per heavy atom. The maximum absolute atomic E-state index is 12.4. The van der Waals surface area contributed by atoms with Gasteiger partial charge in [0, 0.05) is 6.54 Å². The fraction of sp³-hybridized carbons (Fsp3) is 0.350. The average Bonchev–Trinajstić information content (AvgIpc) is 3.16. The second-order valence-corrected chi connectivity index (χ2v) is 9.25. The molecule has 1 unspecified atom stereocenters. The van der Waals surface area contributed by atoms with Crippen molar-refractivity contribution in [1.29, 1.82) is 0 Å². The zero-order chi connectivity index (χ0) is 21.4.